The lowest BCUT2D eigenvalue weighted by molar-refractivity contribution is -0.123. The van der Waals surface area contributed by atoms with Gasteiger partial charge in [-0.15, -0.1) is 0 Å². The Morgan fingerprint density at radius 1 is 1.23 bits per heavy atom. The van der Waals surface area contributed by atoms with Gasteiger partial charge in [-0.05, 0) is 49.4 Å². The van der Waals surface area contributed by atoms with Crippen LogP contribution in [-0.4, -0.2) is 69.3 Å². The van der Waals surface area contributed by atoms with Gasteiger partial charge in [0.05, 0.1) is 20.3 Å². The number of carbonyl (C=O) groups excluding carboxylic acids is 1. The molecule has 0 radical (unpaired) electrons. The Morgan fingerprint density at radius 2 is 1.96 bits per heavy atom. The highest BCUT2D eigenvalue weighted by Gasteiger charge is 2.36. The Balaban J connectivity index is 1.76. The molecule has 0 spiro atoms. The maximum atomic E-state index is 11.6. The predicted octanol–water partition coefficient (Wildman–Crippen LogP) is 2.26. The van der Waals surface area contributed by atoms with E-state index in [0.717, 1.165) is 50.3 Å². The van der Waals surface area contributed by atoms with Gasteiger partial charge < -0.3 is 19.1 Å². The summed E-state index contributed by atoms with van der Waals surface area (Å²) < 4.78 is 16.3. The van der Waals surface area contributed by atoms with E-state index < -0.39 is 0 Å². The molecule has 2 heterocycles. The van der Waals surface area contributed by atoms with Gasteiger partial charge in [-0.25, -0.2) is 0 Å². The number of rotatable bonds is 7. The smallest absolute Gasteiger partial charge is 0.210 e. The molecule has 1 aromatic carbocycles. The molecule has 0 saturated carbocycles. The number of hydrogen-bond acceptors (Lipinski definition) is 5. The third-order valence-corrected chi connectivity index (χ3v) is 5.81. The van der Waals surface area contributed by atoms with E-state index in [2.05, 4.69) is 17.0 Å². The minimum atomic E-state index is 0.0525. The van der Waals surface area contributed by atoms with Crippen molar-refractivity contribution in [2.75, 3.05) is 41.0 Å². The van der Waals surface area contributed by atoms with E-state index in [9.17, 15) is 4.79 Å². The number of methoxy groups -OCH3 is 3. The third-order valence-electron chi connectivity index (χ3n) is 5.81. The first kappa shape index (κ1) is 19.0. The summed E-state index contributed by atoms with van der Waals surface area (Å²) in [5, 5.41) is 0. The van der Waals surface area contributed by atoms with Crippen molar-refractivity contribution < 1.29 is 19.0 Å². The van der Waals surface area contributed by atoms with E-state index >= 15 is 0 Å². The lowest BCUT2D eigenvalue weighted by Crippen LogP contribution is -2.51. The predicted molar refractivity (Wildman–Crippen MR) is 99.8 cm³/mol. The molecule has 6 heteroatoms. The van der Waals surface area contributed by atoms with Crippen molar-refractivity contribution in [2.24, 2.45) is 0 Å². The molecule has 1 saturated heterocycles. The van der Waals surface area contributed by atoms with E-state index in [4.69, 9.17) is 14.2 Å². The van der Waals surface area contributed by atoms with Crippen LogP contribution in [0, 0.1) is 0 Å². The molecule has 6 nitrogen and oxygen atoms in total. The van der Waals surface area contributed by atoms with Gasteiger partial charge in [0, 0.05) is 38.8 Å². The van der Waals surface area contributed by atoms with E-state index in [-0.39, 0.29) is 12.1 Å². The molecule has 2 aliphatic rings. The Bertz CT molecular complexity index is 636. The number of nitrogens with zero attached hydrogens (tertiary/aromatic N) is 2. The van der Waals surface area contributed by atoms with Crippen molar-refractivity contribution in [3.63, 3.8) is 0 Å². The average molecular weight is 362 g/mol. The molecule has 2 unspecified atom stereocenters. The second kappa shape index (κ2) is 8.27. The number of carbonyl (C=O) groups is 1. The number of benzene rings is 1. The lowest BCUT2D eigenvalue weighted by Gasteiger charge is -2.46. The van der Waals surface area contributed by atoms with Gasteiger partial charge in [0.1, 0.15) is 0 Å². The molecule has 26 heavy (non-hydrogen) atoms. The minimum absolute atomic E-state index is 0.0525. The van der Waals surface area contributed by atoms with Crippen molar-refractivity contribution in [1.82, 2.24) is 9.80 Å². The van der Waals surface area contributed by atoms with Gasteiger partial charge in [-0.1, -0.05) is 0 Å². The van der Waals surface area contributed by atoms with Gasteiger partial charge in [0.15, 0.2) is 11.5 Å². The highest BCUT2D eigenvalue weighted by molar-refractivity contribution is 5.50. The summed E-state index contributed by atoms with van der Waals surface area (Å²) in [7, 11) is 5.05. The molecular formula is C20H30N2O4. The van der Waals surface area contributed by atoms with Crippen LogP contribution >= 0.6 is 0 Å². The van der Waals surface area contributed by atoms with E-state index in [1.165, 1.54) is 11.1 Å². The second-order valence-corrected chi connectivity index (χ2v) is 7.25. The van der Waals surface area contributed by atoms with E-state index in [0.29, 0.717) is 12.6 Å². The Labute approximate surface area is 156 Å². The molecule has 3 rings (SSSR count). The van der Waals surface area contributed by atoms with Gasteiger partial charge in [-0.2, -0.15) is 0 Å². The molecule has 1 fully saturated rings. The summed E-state index contributed by atoms with van der Waals surface area (Å²) in [5.41, 5.74) is 2.69. The second-order valence-electron chi connectivity index (χ2n) is 7.25. The first-order valence-electron chi connectivity index (χ1n) is 9.33. The van der Waals surface area contributed by atoms with Crippen LogP contribution in [0.15, 0.2) is 12.1 Å². The van der Waals surface area contributed by atoms with Crippen molar-refractivity contribution in [3.05, 3.63) is 23.3 Å². The van der Waals surface area contributed by atoms with Crippen molar-refractivity contribution in [1.29, 1.82) is 0 Å². The Hall–Kier alpha value is -1.79. The van der Waals surface area contributed by atoms with Gasteiger partial charge in [-0.3, -0.25) is 9.69 Å². The lowest BCUT2D eigenvalue weighted by atomic mass is 9.85. The number of fused-ring (bicyclic) bond motifs is 3. The Morgan fingerprint density at radius 3 is 2.62 bits per heavy atom. The molecule has 0 bridgehead atoms. The molecule has 3 atom stereocenters. The molecule has 1 amide bonds. The van der Waals surface area contributed by atoms with E-state index in [1.54, 1.807) is 21.3 Å². The molecule has 144 valence electrons. The fourth-order valence-electron chi connectivity index (χ4n) is 4.27. The quantitative estimate of drug-likeness (QED) is 0.697. The maximum absolute atomic E-state index is 11.6. The fraction of sp³-hybridized carbons (Fsp3) is 0.650. The summed E-state index contributed by atoms with van der Waals surface area (Å²) >= 11 is 0. The van der Waals surface area contributed by atoms with Crippen molar-refractivity contribution in [2.45, 2.75) is 44.4 Å². The van der Waals surface area contributed by atoms with Crippen LogP contribution < -0.4 is 9.47 Å². The SMILES string of the molecule is COc1cc2c(cc1OC)C1CC[C@@H](N(C=O)CC(C)OC)CN1CC2. The third kappa shape index (κ3) is 3.67. The summed E-state index contributed by atoms with van der Waals surface area (Å²) in [6.45, 7) is 4.56. The first-order chi connectivity index (χ1) is 12.6. The molecule has 2 aliphatic heterocycles. The number of ether oxygens (including phenoxy) is 3. The molecule has 1 aromatic rings. The Kier molecular flexibility index (Phi) is 6.04. The zero-order valence-corrected chi connectivity index (χ0v) is 16.2. The number of piperidine rings is 1. The van der Waals surface area contributed by atoms with Crippen LogP contribution in [0.4, 0.5) is 0 Å². The number of amides is 1. The van der Waals surface area contributed by atoms with Crippen LogP contribution in [0.5, 0.6) is 11.5 Å². The van der Waals surface area contributed by atoms with Crippen molar-refractivity contribution in [3.8, 4) is 11.5 Å². The molecule has 0 aliphatic carbocycles. The summed E-state index contributed by atoms with van der Waals surface area (Å²) in [4.78, 5) is 16.0. The zero-order chi connectivity index (χ0) is 18.7. The maximum Gasteiger partial charge on any atom is 0.210 e. The van der Waals surface area contributed by atoms with Gasteiger partial charge in [0.2, 0.25) is 6.41 Å². The minimum Gasteiger partial charge on any atom is -0.493 e. The highest BCUT2D eigenvalue weighted by Crippen LogP contribution is 2.42. The van der Waals surface area contributed by atoms with Crippen LogP contribution in [0.1, 0.15) is 36.9 Å². The van der Waals surface area contributed by atoms with Gasteiger partial charge in [0.25, 0.3) is 0 Å². The van der Waals surface area contributed by atoms with E-state index in [1.807, 2.05) is 11.8 Å². The number of hydrogen-bond donors (Lipinski definition) is 0. The van der Waals surface area contributed by atoms with Crippen LogP contribution in [-0.2, 0) is 16.0 Å². The van der Waals surface area contributed by atoms with Crippen LogP contribution in [0.25, 0.3) is 0 Å². The van der Waals surface area contributed by atoms with Gasteiger partial charge >= 0.3 is 0 Å². The highest BCUT2D eigenvalue weighted by atomic mass is 16.5. The zero-order valence-electron chi connectivity index (χ0n) is 16.2. The summed E-state index contributed by atoms with van der Waals surface area (Å²) in [5.74, 6) is 1.59. The molecule has 0 N–H and O–H groups in total. The topological polar surface area (TPSA) is 51.2 Å². The molecular weight excluding hydrogens is 332 g/mol. The van der Waals surface area contributed by atoms with Crippen LogP contribution in [0.3, 0.4) is 0 Å². The van der Waals surface area contributed by atoms with Crippen molar-refractivity contribution >= 4 is 6.41 Å². The standard InChI is InChI=1S/C20H30N2O4/c1-14(24-2)11-22(13-23)16-5-6-18-17-10-20(26-4)19(25-3)9-15(17)7-8-21(18)12-16/h9-10,13-14,16,18H,5-8,11-12H2,1-4H3/t14?,16-,18?/m1/s1. The summed E-state index contributed by atoms with van der Waals surface area (Å²) in [6, 6.07) is 4.90. The summed E-state index contributed by atoms with van der Waals surface area (Å²) in [6.07, 6.45) is 4.07. The average Bonchev–Trinajstić information content (AvgIpc) is 2.69. The van der Waals surface area contributed by atoms with Crippen LogP contribution in [0.2, 0.25) is 0 Å². The first-order valence-corrected chi connectivity index (χ1v) is 9.33. The fourth-order valence-corrected chi connectivity index (χ4v) is 4.27. The normalized spacial score (nSPS) is 23.5. The largest absolute Gasteiger partial charge is 0.493 e. The monoisotopic (exact) mass is 362 g/mol. The molecule has 0 aromatic heterocycles.